The fraction of sp³-hybridized carbons (Fsp3) is 0.500. The lowest BCUT2D eigenvalue weighted by Gasteiger charge is -2.36. The summed E-state index contributed by atoms with van der Waals surface area (Å²) in [5.74, 6) is 2.05. The molecule has 0 radical (unpaired) electrons. The fourth-order valence-corrected chi connectivity index (χ4v) is 3.95. The molecule has 1 aliphatic heterocycles. The quantitative estimate of drug-likeness (QED) is 0.797. The van der Waals surface area contributed by atoms with Crippen LogP contribution in [0.4, 0.5) is 10.2 Å². The first-order valence-electron chi connectivity index (χ1n) is 10.2. The van der Waals surface area contributed by atoms with E-state index in [1.165, 1.54) is 6.07 Å². The Morgan fingerprint density at radius 2 is 1.93 bits per heavy atom. The van der Waals surface area contributed by atoms with Gasteiger partial charge in [-0.25, -0.2) is 14.4 Å². The Labute approximate surface area is 165 Å². The maximum atomic E-state index is 13.7. The number of anilines is 1. The molecule has 2 fully saturated rings. The summed E-state index contributed by atoms with van der Waals surface area (Å²) < 4.78 is 13.7. The van der Waals surface area contributed by atoms with Crippen molar-refractivity contribution in [2.75, 3.05) is 31.1 Å². The Morgan fingerprint density at radius 3 is 2.57 bits per heavy atom. The maximum Gasteiger partial charge on any atom is 0.225 e. The number of hydrogen-bond acceptors (Lipinski definition) is 4. The van der Waals surface area contributed by atoms with Crippen molar-refractivity contribution in [1.82, 2.24) is 14.9 Å². The number of aromatic nitrogens is 2. The third kappa shape index (κ3) is 4.01. The zero-order chi connectivity index (χ0) is 19.7. The predicted octanol–water partition coefficient (Wildman–Crippen LogP) is 3.14. The molecule has 148 valence electrons. The van der Waals surface area contributed by atoms with Gasteiger partial charge in [0.05, 0.1) is 0 Å². The van der Waals surface area contributed by atoms with Crippen LogP contribution in [0.5, 0.6) is 0 Å². The molecule has 1 aliphatic carbocycles. The van der Waals surface area contributed by atoms with Crippen molar-refractivity contribution in [3.63, 3.8) is 0 Å². The van der Waals surface area contributed by atoms with Gasteiger partial charge < -0.3 is 9.80 Å². The molecule has 1 aromatic carbocycles. The smallest absolute Gasteiger partial charge is 0.225 e. The largest absolute Gasteiger partial charge is 0.353 e. The van der Waals surface area contributed by atoms with Gasteiger partial charge in [-0.1, -0.05) is 19.1 Å². The van der Waals surface area contributed by atoms with Crippen LogP contribution >= 0.6 is 0 Å². The van der Waals surface area contributed by atoms with Gasteiger partial charge >= 0.3 is 0 Å². The topological polar surface area (TPSA) is 49.3 Å². The molecule has 2 aliphatic rings. The average molecular weight is 382 g/mol. The second kappa shape index (κ2) is 7.86. The van der Waals surface area contributed by atoms with Gasteiger partial charge in [0.2, 0.25) is 5.91 Å². The second-order valence-corrected chi connectivity index (χ2v) is 7.77. The maximum absolute atomic E-state index is 13.7. The SMILES string of the molecule is CCc1nc(C)nc(N2CCN(C(=O)C3CC3)CC2)c1Cc1cccc(F)c1. The first-order valence-corrected chi connectivity index (χ1v) is 10.2. The number of nitrogens with zero attached hydrogens (tertiary/aromatic N) is 4. The van der Waals surface area contributed by atoms with Gasteiger partial charge in [0.1, 0.15) is 17.5 Å². The molecule has 28 heavy (non-hydrogen) atoms. The highest BCUT2D eigenvalue weighted by Crippen LogP contribution is 2.32. The summed E-state index contributed by atoms with van der Waals surface area (Å²) in [5, 5.41) is 0. The molecule has 0 atom stereocenters. The lowest BCUT2D eigenvalue weighted by atomic mass is 10.0. The van der Waals surface area contributed by atoms with Crippen LogP contribution in [0.25, 0.3) is 0 Å². The molecule has 0 N–H and O–H groups in total. The van der Waals surface area contributed by atoms with Gasteiger partial charge in [-0.2, -0.15) is 0 Å². The van der Waals surface area contributed by atoms with Crippen molar-refractivity contribution in [2.24, 2.45) is 5.92 Å². The van der Waals surface area contributed by atoms with Crippen molar-refractivity contribution < 1.29 is 9.18 Å². The Bertz CT molecular complexity index is 873. The zero-order valence-corrected chi connectivity index (χ0v) is 16.6. The molecule has 0 spiro atoms. The molecule has 1 saturated carbocycles. The average Bonchev–Trinajstić information content (AvgIpc) is 3.54. The molecule has 1 aromatic heterocycles. The molecule has 0 unspecified atom stereocenters. The lowest BCUT2D eigenvalue weighted by molar-refractivity contribution is -0.132. The summed E-state index contributed by atoms with van der Waals surface area (Å²) in [6.45, 7) is 7.02. The number of rotatable bonds is 5. The number of carbonyl (C=O) groups is 1. The zero-order valence-electron chi connectivity index (χ0n) is 16.6. The highest BCUT2D eigenvalue weighted by Gasteiger charge is 2.35. The lowest BCUT2D eigenvalue weighted by Crippen LogP contribution is -2.49. The van der Waals surface area contributed by atoms with Crippen LogP contribution in [0.3, 0.4) is 0 Å². The first-order chi connectivity index (χ1) is 13.5. The summed E-state index contributed by atoms with van der Waals surface area (Å²) in [6.07, 6.45) is 3.50. The van der Waals surface area contributed by atoms with Gasteiger partial charge in [-0.3, -0.25) is 4.79 Å². The van der Waals surface area contributed by atoms with E-state index in [-0.39, 0.29) is 11.7 Å². The summed E-state index contributed by atoms with van der Waals surface area (Å²) in [7, 11) is 0. The Kier molecular flexibility index (Phi) is 5.29. The Balaban J connectivity index is 1.59. The standard InChI is InChI=1S/C22H27FN4O/c1-3-20-19(14-16-5-4-6-18(23)13-16)21(25-15(2)24-20)26-9-11-27(12-10-26)22(28)17-7-8-17/h4-6,13,17H,3,7-12,14H2,1-2H3. The van der Waals surface area contributed by atoms with Crippen LogP contribution in [0.15, 0.2) is 24.3 Å². The molecule has 6 heteroatoms. The van der Waals surface area contributed by atoms with Crippen LogP contribution in [-0.4, -0.2) is 47.0 Å². The minimum atomic E-state index is -0.225. The molecule has 4 rings (SSSR count). The number of halogens is 1. The van der Waals surface area contributed by atoms with E-state index in [1.807, 2.05) is 17.9 Å². The highest BCUT2D eigenvalue weighted by molar-refractivity contribution is 5.81. The number of benzene rings is 1. The number of piperazine rings is 1. The van der Waals surface area contributed by atoms with E-state index < -0.39 is 0 Å². The number of aryl methyl sites for hydroxylation is 2. The van der Waals surface area contributed by atoms with Crippen molar-refractivity contribution in [3.05, 3.63) is 52.7 Å². The van der Waals surface area contributed by atoms with Crippen LogP contribution < -0.4 is 4.90 Å². The molecule has 2 heterocycles. The summed E-state index contributed by atoms with van der Waals surface area (Å²) in [5.41, 5.74) is 3.01. The van der Waals surface area contributed by atoms with Crippen LogP contribution in [0, 0.1) is 18.7 Å². The number of carbonyl (C=O) groups excluding carboxylic acids is 1. The minimum Gasteiger partial charge on any atom is -0.353 e. The Hall–Kier alpha value is -2.50. The summed E-state index contributed by atoms with van der Waals surface area (Å²) >= 11 is 0. The first kappa shape index (κ1) is 18.8. The van der Waals surface area contributed by atoms with Crippen molar-refractivity contribution >= 4 is 11.7 Å². The highest BCUT2D eigenvalue weighted by atomic mass is 19.1. The molecular formula is C22H27FN4O. The summed E-state index contributed by atoms with van der Waals surface area (Å²) in [6, 6.07) is 6.73. The predicted molar refractivity (Wildman–Crippen MR) is 107 cm³/mol. The van der Waals surface area contributed by atoms with Gasteiger partial charge in [0.25, 0.3) is 0 Å². The van der Waals surface area contributed by atoms with Gasteiger partial charge in [-0.15, -0.1) is 0 Å². The third-order valence-electron chi connectivity index (χ3n) is 5.61. The fourth-order valence-electron chi connectivity index (χ4n) is 3.95. The molecule has 1 saturated heterocycles. The van der Waals surface area contributed by atoms with Crippen molar-refractivity contribution in [3.8, 4) is 0 Å². The molecule has 5 nitrogen and oxygen atoms in total. The number of amides is 1. The van der Waals surface area contributed by atoms with E-state index in [4.69, 9.17) is 4.98 Å². The van der Waals surface area contributed by atoms with E-state index >= 15 is 0 Å². The molecule has 2 aromatic rings. The third-order valence-corrected chi connectivity index (χ3v) is 5.61. The van der Waals surface area contributed by atoms with E-state index in [2.05, 4.69) is 16.8 Å². The minimum absolute atomic E-state index is 0.225. The monoisotopic (exact) mass is 382 g/mol. The molecule has 1 amide bonds. The summed E-state index contributed by atoms with van der Waals surface area (Å²) in [4.78, 5) is 26.0. The van der Waals surface area contributed by atoms with Crippen LogP contribution in [0.2, 0.25) is 0 Å². The van der Waals surface area contributed by atoms with E-state index in [0.717, 1.165) is 73.9 Å². The molecule has 0 bridgehead atoms. The second-order valence-electron chi connectivity index (χ2n) is 7.77. The van der Waals surface area contributed by atoms with Gasteiger partial charge in [0, 0.05) is 49.8 Å². The van der Waals surface area contributed by atoms with Gasteiger partial charge in [-0.05, 0) is 43.9 Å². The van der Waals surface area contributed by atoms with E-state index in [1.54, 1.807) is 12.1 Å². The van der Waals surface area contributed by atoms with Crippen LogP contribution in [-0.2, 0) is 17.6 Å². The van der Waals surface area contributed by atoms with Crippen molar-refractivity contribution in [1.29, 1.82) is 0 Å². The normalized spacial score (nSPS) is 17.1. The Morgan fingerprint density at radius 1 is 1.18 bits per heavy atom. The van der Waals surface area contributed by atoms with Gasteiger partial charge in [0.15, 0.2) is 0 Å². The van der Waals surface area contributed by atoms with Crippen LogP contribution in [0.1, 0.15) is 42.4 Å². The van der Waals surface area contributed by atoms with E-state index in [9.17, 15) is 9.18 Å². The number of hydrogen-bond donors (Lipinski definition) is 0. The van der Waals surface area contributed by atoms with E-state index in [0.29, 0.717) is 12.3 Å². The van der Waals surface area contributed by atoms with Crippen molar-refractivity contribution in [2.45, 2.75) is 39.5 Å². The molecular weight excluding hydrogens is 355 g/mol.